The zero-order chi connectivity index (χ0) is 26.3. The van der Waals surface area contributed by atoms with Gasteiger partial charge >= 0.3 is 5.97 Å². The zero-order valence-corrected chi connectivity index (χ0v) is 22.3. The number of oxime groups is 1. The number of fused-ring (bicyclic) bond motifs is 1. The van der Waals surface area contributed by atoms with Gasteiger partial charge in [-0.05, 0) is 42.3 Å². The summed E-state index contributed by atoms with van der Waals surface area (Å²) in [4.78, 5) is 28.9. The fraction of sp³-hybridized carbons (Fsp3) is 0.345. The number of hydrogen-bond acceptors (Lipinski definition) is 6. The molecule has 3 aromatic rings. The van der Waals surface area contributed by atoms with Crippen LogP contribution in [-0.2, 0) is 14.4 Å². The summed E-state index contributed by atoms with van der Waals surface area (Å²) < 4.78 is 0. The maximum absolute atomic E-state index is 9.81. The summed E-state index contributed by atoms with van der Waals surface area (Å²) in [5, 5.41) is 15.0. The Balaban J connectivity index is 0.000000493. The van der Waals surface area contributed by atoms with Crippen LogP contribution < -0.4 is 0 Å². The van der Waals surface area contributed by atoms with Crippen LogP contribution in [0, 0.1) is 5.92 Å². The Labute approximate surface area is 218 Å². The van der Waals surface area contributed by atoms with Gasteiger partial charge in [0.25, 0.3) is 0 Å². The first-order chi connectivity index (χ1) is 17.4. The lowest BCUT2D eigenvalue weighted by Gasteiger charge is -2.17. The Morgan fingerprint density at radius 3 is 2.31 bits per heavy atom. The predicted octanol–water partition coefficient (Wildman–Crippen LogP) is 5.97. The molecule has 3 aromatic carbocycles. The minimum atomic E-state index is -0.926. The Kier molecular flexibility index (Phi) is 12.7. The second-order valence-corrected chi connectivity index (χ2v) is 9.15. The number of aldehydes is 1. The Morgan fingerprint density at radius 2 is 1.72 bits per heavy atom. The second-order valence-electron chi connectivity index (χ2n) is 8.27. The second kappa shape index (κ2) is 15.8. The van der Waals surface area contributed by atoms with Crippen LogP contribution in [0.15, 0.2) is 76.8 Å². The predicted molar refractivity (Wildman–Crippen MR) is 149 cm³/mol. The van der Waals surface area contributed by atoms with Crippen molar-refractivity contribution in [2.45, 2.75) is 32.1 Å². The summed E-state index contributed by atoms with van der Waals surface area (Å²) in [6.45, 7) is 9.42. The number of hydrogen-bond donors (Lipinski definition) is 1. The number of thioether (sulfide) groups is 1. The van der Waals surface area contributed by atoms with Crippen LogP contribution in [0.4, 0.5) is 0 Å². The number of carbonyl (C=O) groups excluding carboxylic acids is 1. The van der Waals surface area contributed by atoms with E-state index in [0.29, 0.717) is 12.9 Å². The highest BCUT2D eigenvalue weighted by Crippen LogP contribution is 2.24. The molecule has 0 saturated heterocycles. The van der Waals surface area contributed by atoms with Gasteiger partial charge in [0.05, 0.1) is 6.42 Å². The monoisotopic (exact) mass is 508 g/mol. The molecule has 1 atom stereocenters. The Morgan fingerprint density at radius 1 is 1.06 bits per heavy atom. The highest BCUT2D eigenvalue weighted by molar-refractivity contribution is 7.98. The van der Waals surface area contributed by atoms with Crippen molar-refractivity contribution in [2.24, 2.45) is 11.1 Å². The average Bonchev–Trinajstić information content (AvgIpc) is 2.91. The van der Waals surface area contributed by atoms with Gasteiger partial charge in [-0.15, -0.1) is 11.8 Å². The molecule has 0 radical (unpaired) electrons. The van der Waals surface area contributed by atoms with Crippen molar-refractivity contribution in [1.29, 1.82) is 0 Å². The third-order valence-corrected chi connectivity index (χ3v) is 6.43. The maximum atomic E-state index is 9.81. The Bertz CT molecular complexity index is 1120. The molecule has 3 rings (SSSR count). The minimum Gasteiger partial charge on any atom is -0.481 e. The molecule has 36 heavy (non-hydrogen) atoms. The first-order valence-corrected chi connectivity index (χ1v) is 13.4. The number of likely N-dealkylation sites (N-methyl/N-ethyl adjacent to an activating group) is 1. The molecule has 0 fully saturated rings. The third kappa shape index (κ3) is 9.13. The van der Waals surface area contributed by atoms with Crippen LogP contribution >= 0.6 is 11.8 Å². The maximum Gasteiger partial charge on any atom is 0.304 e. The molecule has 0 aromatic heterocycles. The van der Waals surface area contributed by atoms with E-state index >= 15 is 0 Å². The number of carboxylic acid groups (broad SMARTS) is 1. The van der Waals surface area contributed by atoms with E-state index in [-0.39, 0.29) is 12.3 Å². The lowest BCUT2D eigenvalue weighted by Crippen LogP contribution is -2.26. The highest BCUT2D eigenvalue weighted by Gasteiger charge is 2.12. The van der Waals surface area contributed by atoms with E-state index < -0.39 is 5.97 Å². The van der Waals surface area contributed by atoms with Gasteiger partial charge in [-0.3, -0.25) is 4.79 Å². The molecule has 0 heterocycles. The SMILES string of the molecule is CC(C=O)CC(=O)O.CCN(CC)CCO/N=C(/c1ccc(SC)cc1)c1cccc2ccccc12. The fourth-order valence-electron chi connectivity index (χ4n) is 3.58. The molecule has 0 aliphatic rings. The van der Waals surface area contributed by atoms with E-state index in [9.17, 15) is 9.59 Å². The standard InChI is InChI=1S/C24H28N2OS.C5H8O3/c1-4-26(5-2)17-18-27-25-24(20-13-15-21(28-3)16-14-20)23-12-8-10-19-9-6-7-11-22(19)23;1-4(3-6)2-5(7)8/h6-16H,4-5,17-18H2,1-3H3;3-4H,2H2,1H3,(H,7,8)/b25-24-;. The lowest BCUT2D eigenvalue weighted by molar-refractivity contribution is -0.139. The van der Waals surface area contributed by atoms with Gasteiger partial charge < -0.3 is 19.6 Å². The van der Waals surface area contributed by atoms with Crippen molar-refractivity contribution in [3.8, 4) is 0 Å². The Hall–Kier alpha value is -3.16. The molecular weight excluding hydrogens is 472 g/mol. The molecule has 0 amide bonds. The lowest BCUT2D eigenvalue weighted by atomic mass is 9.97. The molecule has 0 bridgehead atoms. The number of rotatable bonds is 12. The molecule has 7 heteroatoms. The van der Waals surface area contributed by atoms with E-state index in [2.05, 4.69) is 96.9 Å². The third-order valence-electron chi connectivity index (χ3n) is 5.69. The van der Waals surface area contributed by atoms with Gasteiger partial charge in [-0.2, -0.15) is 0 Å². The molecule has 1 N–H and O–H groups in total. The van der Waals surface area contributed by atoms with Crippen LogP contribution in [0.25, 0.3) is 10.8 Å². The van der Waals surface area contributed by atoms with E-state index in [1.807, 2.05) is 0 Å². The molecule has 0 aliphatic carbocycles. The van der Waals surface area contributed by atoms with E-state index in [0.717, 1.165) is 36.5 Å². The van der Waals surface area contributed by atoms with Crippen LogP contribution in [0.2, 0.25) is 0 Å². The number of nitrogens with zero attached hydrogens (tertiary/aromatic N) is 2. The molecule has 1 unspecified atom stereocenters. The first-order valence-electron chi connectivity index (χ1n) is 12.1. The molecule has 192 valence electrons. The zero-order valence-electron chi connectivity index (χ0n) is 21.5. The quantitative estimate of drug-likeness (QED) is 0.107. The smallest absolute Gasteiger partial charge is 0.304 e. The molecule has 6 nitrogen and oxygen atoms in total. The number of benzene rings is 3. The highest BCUT2D eigenvalue weighted by atomic mass is 32.2. The van der Waals surface area contributed by atoms with Crippen molar-refractivity contribution in [1.82, 2.24) is 4.90 Å². The normalized spacial score (nSPS) is 12.1. The van der Waals surface area contributed by atoms with Gasteiger partial charge in [0.15, 0.2) is 0 Å². The number of carboxylic acids is 1. The van der Waals surface area contributed by atoms with Crippen LogP contribution in [0.3, 0.4) is 0 Å². The fourth-order valence-corrected chi connectivity index (χ4v) is 3.99. The van der Waals surface area contributed by atoms with Crippen LogP contribution in [0.1, 0.15) is 38.3 Å². The van der Waals surface area contributed by atoms with Gasteiger partial charge in [0.1, 0.15) is 18.6 Å². The van der Waals surface area contributed by atoms with Crippen molar-refractivity contribution in [3.63, 3.8) is 0 Å². The summed E-state index contributed by atoms with van der Waals surface area (Å²) in [6.07, 6.45) is 2.66. The number of aliphatic carboxylic acids is 1. The summed E-state index contributed by atoms with van der Waals surface area (Å²) in [6, 6.07) is 23.3. The van der Waals surface area contributed by atoms with Gasteiger partial charge in [-0.1, -0.05) is 80.5 Å². The van der Waals surface area contributed by atoms with Crippen LogP contribution in [0.5, 0.6) is 0 Å². The van der Waals surface area contributed by atoms with Crippen LogP contribution in [-0.4, -0.2) is 60.5 Å². The number of carbonyl (C=O) groups is 2. The van der Waals surface area contributed by atoms with Crippen molar-refractivity contribution >= 4 is 40.5 Å². The first kappa shape index (κ1) is 29.1. The largest absolute Gasteiger partial charge is 0.481 e. The molecule has 0 aliphatic heterocycles. The molecular formula is C29H36N2O4S. The van der Waals surface area contributed by atoms with Gasteiger partial charge in [0, 0.05) is 28.5 Å². The van der Waals surface area contributed by atoms with Crippen molar-refractivity contribution in [3.05, 3.63) is 77.9 Å². The summed E-state index contributed by atoms with van der Waals surface area (Å²) in [7, 11) is 0. The minimum absolute atomic E-state index is 0.0660. The van der Waals surface area contributed by atoms with E-state index in [1.54, 1.807) is 18.7 Å². The van der Waals surface area contributed by atoms with Gasteiger partial charge in [-0.25, -0.2) is 0 Å². The molecule has 0 spiro atoms. The van der Waals surface area contributed by atoms with Gasteiger partial charge in [0.2, 0.25) is 0 Å². The molecule has 0 saturated carbocycles. The summed E-state index contributed by atoms with van der Waals surface area (Å²) in [5.41, 5.74) is 3.04. The topological polar surface area (TPSA) is 79.2 Å². The van der Waals surface area contributed by atoms with Crippen molar-refractivity contribution in [2.75, 3.05) is 32.5 Å². The summed E-state index contributed by atoms with van der Waals surface area (Å²) >= 11 is 1.74. The van der Waals surface area contributed by atoms with E-state index in [4.69, 9.17) is 9.94 Å². The van der Waals surface area contributed by atoms with Crippen molar-refractivity contribution < 1.29 is 19.5 Å². The summed E-state index contributed by atoms with van der Waals surface area (Å²) in [5.74, 6) is -1.28. The van der Waals surface area contributed by atoms with E-state index in [1.165, 1.54) is 15.7 Å². The average molecular weight is 509 g/mol.